The molecule has 98 valence electrons. The minimum absolute atomic E-state index is 0.197. The van der Waals surface area contributed by atoms with Crippen molar-refractivity contribution >= 4 is 0 Å². The molecule has 0 spiro atoms. The average molecular weight is 238 g/mol. The molecule has 0 heterocycles. The largest absolute Gasteiger partial charge is 0.393 e. The Kier molecular flexibility index (Phi) is 2.17. The lowest BCUT2D eigenvalue weighted by molar-refractivity contribution is -0.123. The molecule has 3 aliphatic carbocycles. The number of hydrogen-bond acceptors (Lipinski definition) is 2. The number of aliphatic hydroxyl groups is 2. The summed E-state index contributed by atoms with van der Waals surface area (Å²) in [5.74, 6) is 0.888. The summed E-state index contributed by atoms with van der Waals surface area (Å²) in [6.07, 6.45) is 3.53. The van der Waals surface area contributed by atoms with E-state index in [1.54, 1.807) is 0 Å². The van der Waals surface area contributed by atoms with E-state index >= 15 is 0 Å². The lowest BCUT2D eigenvalue weighted by atomic mass is 9.49. The maximum absolute atomic E-state index is 10.4. The summed E-state index contributed by atoms with van der Waals surface area (Å²) in [6.45, 7) is 9.31. The first kappa shape index (κ1) is 12.0. The van der Waals surface area contributed by atoms with Crippen LogP contribution in [0.4, 0.5) is 0 Å². The van der Waals surface area contributed by atoms with Crippen molar-refractivity contribution in [2.45, 2.75) is 65.6 Å². The molecule has 0 aromatic rings. The van der Waals surface area contributed by atoms with Crippen LogP contribution in [0.5, 0.6) is 0 Å². The van der Waals surface area contributed by atoms with E-state index in [1.165, 1.54) is 12.8 Å². The van der Waals surface area contributed by atoms with Gasteiger partial charge in [0.1, 0.15) is 0 Å². The van der Waals surface area contributed by atoms with E-state index < -0.39 is 0 Å². The molecule has 3 saturated carbocycles. The number of fused-ring (bicyclic) bond motifs is 3. The fraction of sp³-hybridized carbons (Fsp3) is 1.00. The van der Waals surface area contributed by atoms with Crippen molar-refractivity contribution in [3.8, 4) is 0 Å². The van der Waals surface area contributed by atoms with Gasteiger partial charge in [-0.1, -0.05) is 27.7 Å². The Balaban J connectivity index is 2.02. The first-order chi connectivity index (χ1) is 7.77. The normalized spacial score (nSPS) is 60.4. The highest BCUT2D eigenvalue weighted by Crippen LogP contribution is 2.82. The van der Waals surface area contributed by atoms with Crippen LogP contribution < -0.4 is 0 Å². The Labute approximate surface area is 104 Å². The summed E-state index contributed by atoms with van der Waals surface area (Å²) >= 11 is 0. The second kappa shape index (κ2) is 3.08. The second-order valence-corrected chi connectivity index (χ2v) is 7.68. The van der Waals surface area contributed by atoms with Gasteiger partial charge in [-0.15, -0.1) is 0 Å². The SMILES string of the molecule is CC1(C)C2C(O)CCC(O)C3CCC3(C)C21C. The van der Waals surface area contributed by atoms with Gasteiger partial charge in [-0.05, 0) is 53.8 Å². The topological polar surface area (TPSA) is 40.5 Å². The van der Waals surface area contributed by atoms with Gasteiger partial charge in [0.15, 0.2) is 0 Å². The lowest BCUT2D eigenvalue weighted by Gasteiger charge is -2.56. The molecule has 17 heavy (non-hydrogen) atoms. The first-order valence-corrected chi connectivity index (χ1v) is 7.13. The van der Waals surface area contributed by atoms with Crippen molar-refractivity contribution in [3.05, 3.63) is 0 Å². The third-order valence-corrected chi connectivity index (χ3v) is 7.24. The molecule has 3 aliphatic rings. The van der Waals surface area contributed by atoms with Crippen molar-refractivity contribution < 1.29 is 10.2 Å². The Morgan fingerprint density at radius 1 is 0.882 bits per heavy atom. The van der Waals surface area contributed by atoms with Crippen LogP contribution in [0.3, 0.4) is 0 Å². The van der Waals surface area contributed by atoms with E-state index in [2.05, 4.69) is 27.7 Å². The fourth-order valence-corrected chi connectivity index (χ4v) is 5.70. The van der Waals surface area contributed by atoms with E-state index in [-0.39, 0.29) is 28.5 Å². The van der Waals surface area contributed by atoms with Crippen molar-refractivity contribution in [2.75, 3.05) is 0 Å². The predicted octanol–water partition coefficient (Wildman–Crippen LogP) is 2.58. The Morgan fingerprint density at radius 2 is 1.47 bits per heavy atom. The molecule has 2 heteroatoms. The highest BCUT2D eigenvalue weighted by Gasteiger charge is 2.79. The number of rotatable bonds is 0. The summed E-state index contributed by atoms with van der Waals surface area (Å²) in [5, 5.41) is 20.7. The zero-order chi connectivity index (χ0) is 12.6. The predicted molar refractivity (Wildman–Crippen MR) is 67.5 cm³/mol. The maximum Gasteiger partial charge on any atom is 0.0580 e. The molecular formula is C15H26O2. The van der Waals surface area contributed by atoms with Gasteiger partial charge in [-0.2, -0.15) is 0 Å². The van der Waals surface area contributed by atoms with Crippen molar-refractivity contribution in [1.82, 2.24) is 0 Å². The van der Waals surface area contributed by atoms with Gasteiger partial charge in [0.25, 0.3) is 0 Å². The van der Waals surface area contributed by atoms with E-state index in [1.807, 2.05) is 0 Å². The summed E-state index contributed by atoms with van der Waals surface area (Å²) in [6, 6.07) is 0. The fourth-order valence-electron chi connectivity index (χ4n) is 5.70. The quantitative estimate of drug-likeness (QED) is 0.681. The van der Waals surface area contributed by atoms with Crippen LogP contribution >= 0.6 is 0 Å². The highest BCUT2D eigenvalue weighted by atomic mass is 16.3. The molecule has 0 aromatic carbocycles. The molecule has 6 unspecified atom stereocenters. The molecule has 0 amide bonds. The van der Waals surface area contributed by atoms with E-state index in [0.717, 1.165) is 12.8 Å². The van der Waals surface area contributed by atoms with Gasteiger partial charge in [-0.3, -0.25) is 0 Å². The summed E-state index contributed by atoms with van der Waals surface area (Å²) in [7, 11) is 0. The number of aliphatic hydroxyl groups excluding tert-OH is 2. The van der Waals surface area contributed by atoms with Crippen molar-refractivity contribution in [2.24, 2.45) is 28.1 Å². The monoisotopic (exact) mass is 238 g/mol. The summed E-state index contributed by atoms with van der Waals surface area (Å²) in [4.78, 5) is 0. The van der Waals surface area contributed by atoms with E-state index in [9.17, 15) is 10.2 Å². The smallest absolute Gasteiger partial charge is 0.0580 e. The van der Waals surface area contributed by atoms with Gasteiger partial charge in [0.2, 0.25) is 0 Å². The van der Waals surface area contributed by atoms with Crippen molar-refractivity contribution in [1.29, 1.82) is 0 Å². The molecule has 0 saturated heterocycles. The molecule has 3 fully saturated rings. The van der Waals surface area contributed by atoms with Crippen LogP contribution in [-0.2, 0) is 0 Å². The van der Waals surface area contributed by atoms with Crippen LogP contribution in [0, 0.1) is 28.1 Å². The van der Waals surface area contributed by atoms with Crippen LogP contribution in [0.2, 0.25) is 0 Å². The average Bonchev–Trinajstić information content (AvgIpc) is 2.67. The summed E-state index contributed by atoms with van der Waals surface area (Å²) < 4.78 is 0. The second-order valence-electron chi connectivity index (χ2n) is 7.68. The minimum Gasteiger partial charge on any atom is -0.393 e. The molecule has 0 aliphatic heterocycles. The molecule has 2 N–H and O–H groups in total. The highest BCUT2D eigenvalue weighted by molar-refractivity contribution is 5.27. The Morgan fingerprint density at radius 3 is 2.00 bits per heavy atom. The molecule has 2 nitrogen and oxygen atoms in total. The zero-order valence-electron chi connectivity index (χ0n) is 11.5. The summed E-state index contributed by atoms with van der Waals surface area (Å²) in [5.41, 5.74) is 0.676. The molecule has 3 rings (SSSR count). The Hall–Kier alpha value is -0.0800. The van der Waals surface area contributed by atoms with Crippen LogP contribution in [0.1, 0.15) is 53.4 Å². The number of hydrogen-bond donors (Lipinski definition) is 2. The standard InChI is InChI=1S/C15H26O2/c1-13(2)12-11(17)6-5-10(16)9-7-8-14(9,3)15(12,13)4/h9-12,16-17H,5-8H2,1-4H3. The third kappa shape index (κ3) is 1.10. The molecule has 6 atom stereocenters. The van der Waals surface area contributed by atoms with Crippen LogP contribution in [-0.4, -0.2) is 22.4 Å². The van der Waals surface area contributed by atoms with Gasteiger partial charge < -0.3 is 10.2 Å². The van der Waals surface area contributed by atoms with Crippen LogP contribution in [0.25, 0.3) is 0 Å². The van der Waals surface area contributed by atoms with E-state index in [4.69, 9.17) is 0 Å². The zero-order valence-corrected chi connectivity index (χ0v) is 11.5. The lowest BCUT2D eigenvalue weighted by Crippen LogP contribution is -2.52. The van der Waals surface area contributed by atoms with Gasteiger partial charge >= 0.3 is 0 Å². The molecule has 0 bridgehead atoms. The van der Waals surface area contributed by atoms with Gasteiger partial charge in [-0.25, -0.2) is 0 Å². The van der Waals surface area contributed by atoms with Gasteiger partial charge in [0.05, 0.1) is 12.2 Å². The van der Waals surface area contributed by atoms with E-state index in [0.29, 0.717) is 11.8 Å². The maximum atomic E-state index is 10.4. The van der Waals surface area contributed by atoms with Crippen LogP contribution in [0.15, 0.2) is 0 Å². The molecule has 0 aromatic heterocycles. The molecular weight excluding hydrogens is 212 g/mol. The molecule has 0 radical (unpaired) electrons. The third-order valence-electron chi connectivity index (χ3n) is 7.24. The minimum atomic E-state index is -0.219. The van der Waals surface area contributed by atoms with Crippen molar-refractivity contribution in [3.63, 3.8) is 0 Å². The Bertz CT molecular complexity index is 351. The first-order valence-electron chi connectivity index (χ1n) is 7.13. The van der Waals surface area contributed by atoms with Gasteiger partial charge in [0, 0.05) is 0 Å².